The van der Waals surface area contributed by atoms with Gasteiger partial charge in [-0.1, -0.05) is 12.1 Å². The molecule has 1 heterocycles. The van der Waals surface area contributed by atoms with Gasteiger partial charge in [-0.2, -0.15) is 0 Å². The average Bonchev–Trinajstić information content (AvgIpc) is 3.32. The number of nitrogens with zero attached hydrogens (tertiary/aromatic N) is 1. The van der Waals surface area contributed by atoms with Gasteiger partial charge in [0, 0.05) is 18.9 Å². The number of methoxy groups -OCH3 is 1. The molecule has 0 unspecified atom stereocenters. The van der Waals surface area contributed by atoms with Crippen molar-refractivity contribution in [2.24, 2.45) is 11.3 Å². The van der Waals surface area contributed by atoms with E-state index in [2.05, 4.69) is 0 Å². The monoisotopic (exact) mass is 331 g/mol. The minimum absolute atomic E-state index is 0.00796. The molecule has 0 N–H and O–H groups in total. The van der Waals surface area contributed by atoms with Crippen LogP contribution in [0.3, 0.4) is 0 Å². The highest BCUT2D eigenvalue weighted by atomic mass is 16.5. The van der Waals surface area contributed by atoms with Gasteiger partial charge >= 0.3 is 5.97 Å². The zero-order valence-corrected chi connectivity index (χ0v) is 14.6. The SMILES string of the molecule is CCOC(=O)C1([C@H]2CC(=O)N([C@H](C)c3ccc(OC)cc3)C2)CC1. The molecule has 0 radical (unpaired) electrons. The van der Waals surface area contributed by atoms with Crippen molar-refractivity contribution < 1.29 is 19.1 Å². The predicted molar refractivity (Wildman–Crippen MR) is 89.5 cm³/mol. The molecule has 1 aromatic rings. The van der Waals surface area contributed by atoms with E-state index < -0.39 is 5.41 Å². The fraction of sp³-hybridized carbons (Fsp3) is 0.579. The van der Waals surface area contributed by atoms with E-state index in [1.165, 1.54) is 0 Å². The van der Waals surface area contributed by atoms with Crippen LogP contribution in [0.4, 0.5) is 0 Å². The molecule has 1 saturated heterocycles. The number of likely N-dealkylation sites (tertiary alicyclic amines) is 1. The molecule has 0 spiro atoms. The van der Waals surface area contributed by atoms with Crippen molar-refractivity contribution in [1.29, 1.82) is 0 Å². The summed E-state index contributed by atoms with van der Waals surface area (Å²) in [5, 5.41) is 0. The van der Waals surface area contributed by atoms with Crippen LogP contribution in [0.5, 0.6) is 5.75 Å². The van der Waals surface area contributed by atoms with Gasteiger partial charge in [-0.25, -0.2) is 0 Å². The molecule has 1 saturated carbocycles. The van der Waals surface area contributed by atoms with E-state index in [1.54, 1.807) is 7.11 Å². The smallest absolute Gasteiger partial charge is 0.312 e. The van der Waals surface area contributed by atoms with Crippen LogP contribution in [0.15, 0.2) is 24.3 Å². The number of ether oxygens (including phenoxy) is 2. The van der Waals surface area contributed by atoms with E-state index in [4.69, 9.17) is 9.47 Å². The fourth-order valence-corrected chi connectivity index (χ4v) is 3.73. The summed E-state index contributed by atoms with van der Waals surface area (Å²) >= 11 is 0. The number of hydrogen-bond donors (Lipinski definition) is 0. The third-order valence-corrected chi connectivity index (χ3v) is 5.48. The van der Waals surface area contributed by atoms with Gasteiger partial charge in [-0.05, 0) is 44.4 Å². The first-order valence-corrected chi connectivity index (χ1v) is 8.62. The van der Waals surface area contributed by atoms with Crippen LogP contribution < -0.4 is 4.74 Å². The summed E-state index contributed by atoms with van der Waals surface area (Å²) in [6, 6.07) is 7.78. The van der Waals surface area contributed by atoms with E-state index >= 15 is 0 Å². The number of amides is 1. The van der Waals surface area contributed by atoms with Crippen molar-refractivity contribution in [1.82, 2.24) is 4.90 Å². The minimum Gasteiger partial charge on any atom is -0.497 e. The van der Waals surface area contributed by atoms with Crippen LogP contribution >= 0.6 is 0 Å². The van der Waals surface area contributed by atoms with Gasteiger partial charge in [-0.15, -0.1) is 0 Å². The van der Waals surface area contributed by atoms with E-state index in [1.807, 2.05) is 43.0 Å². The number of hydrogen-bond acceptors (Lipinski definition) is 4. The maximum atomic E-state index is 12.5. The number of benzene rings is 1. The summed E-state index contributed by atoms with van der Waals surface area (Å²) in [4.78, 5) is 26.7. The second kappa shape index (κ2) is 6.46. The van der Waals surface area contributed by atoms with Crippen molar-refractivity contribution in [3.05, 3.63) is 29.8 Å². The Balaban J connectivity index is 1.71. The Morgan fingerprint density at radius 2 is 2.00 bits per heavy atom. The topological polar surface area (TPSA) is 55.8 Å². The van der Waals surface area contributed by atoms with Gasteiger partial charge in [-0.3, -0.25) is 9.59 Å². The normalized spacial score (nSPS) is 23.0. The molecule has 130 valence electrons. The highest BCUT2D eigenvalue weighted by molar-refractivity contribution is 5.85. The molecule has 2 atom stereocenters. The lowest BCUT2D eigenvalue weighted by molar-refractivity contribution is -0.151. The number of esters is 1. The summed E-state index contributed by atoms with van der Waals surface area (Å²) in [6.07, 6.45) is 2.13. The molecule has 1 amide bonds. The fourth-order valence-electron chi connectivity index (χ4n) is 3.73. The van der Waals surface area contributed by atoms with Crippen molar-refractivity contribution >= 4 is 11.9 Å². The number of rotatable bonds is 6. The van der Waals surface area contributed by atoms with Gasteiger partial charge in [0.15, 0.2) is 0 Å². The summed E-state index contributed by atoms with van der Waals surface area (Å²) < 4.78 is 10.4. The Morgan fingerprint density at radius 3 is 2.54 bits per heavy atom. The van der Waals surface area contributed by atoms with Crippen molar-refractivity contribution in [2.75, 3.05) is 20.3 Å². The van der Waals surface area contributed by atoms with Crippen LogP contribution in [-0.4, -0.2) is 37.0 Å². The second-order valence-corrected chi connectivity index (χ2v) is 6.77. The van der Waals surface area contributed by atoms with Crippen molar-refractivity contribution in [2.45, 2.75) is 39.2 Å². The van der Waals surface area contributed by atoms with E-state index in [-0.39, 0.29) is 23.8 Å². The lowest BCUT2D eigenvalue weighted by Gasteiger charge is -2.27. The molecule has 2 fully saturated rings. The molecule has 0 aromatic heterocycles. The zero-order chi connectivity index (χ0) is 17.3. The molecule has 2 aliphatic rings. The van der Waals surface area contributed by atoms with Gasteiger partial charge < -0.3 is 14.4 Å². The van der Waals surface area contributed by atoms with Gasteiger partial charge in [0.25, 0.3) is 0 Å². The summed E-state index contributed by atoms with van der Waals surface area (Å²) in [7, 11) is 1.64. The van der Waals surface area contributed by atoms with Crippen molar-refractivity contribution in [3.8, 4) is 5.75 Å². The van der Waals surface area contributed by atoms with E-state index in [0.29, 0.717) is 19.6 Å². The van der Waals surface area contributed by atoms with Crippen LogP contribution in [0.2, 0.25) is 0 Å². The lowest BCUT2D eigenvalue weighted by Crippen LogP contribution is -2.32. The lowest BCUT2D eigenvalue weighted by atomic mass is 9.88. The first-order valence-electron chi connectivity index (χ1n) is 8.62. The summed E-state index contributed by atoms with van der Waals surface area (Å²) in [5.41, 5.74) is 0.658. The molecule has 1 aromatic carbocycles. The Bertz CT molecular complexity index is 621. The highest BCUT2D eigenvalue weighted by Gasteiger charge is 2.59. The maximum absolute atomic E-state index is 12.5. The molecule has 3 rings (SSSR count). The van der Waals surface area contributed by atoms with E-state index in [0.717, 1.165) is 24.2 Å². The Kier molecular flexibility index (Phi) is 4.52. The maximum Gasteiger partial charge on any atom is 0.312 e. The third kappa shape index (κ3) is 2.87. The largest absolute Gasteiger partial charge is 0.497 e. The zero-order valence-electron chi connectivity index (χ0n) is 14.6. The Hall–Kier alpha value is -2.04. The van der Waals surface area contributed by atoms with Gasteiger partial charge in [0.1, 0.15) is 5.75 Å². The molecule has 5 nitrogen and oxygen atoms in total. The quantitative estimate of drug-likeness (QED) is 0.752. The third-order valence-electron chi connectivity index (χ3n) is 5.48. The first kappa shape index (κ1) is 16.8. The molecule has 0 bridgehead atoms. The summed E-state index contributed by atoms with van der Waals surface area (Å²) in [5.74, 6) is 0.876. The standard InChI is InChI=1S/C19H25NO4/c1-4-24-18(22)19(9-10-19)15-11-17(21)20(12-15)13(2)14-5-7-16(23-3)8-6-14/h5-8,13,15H,4,9-12H2,1-3H3/t13-,15+/m1/s1. The average molecular weight is 331 g/mol. The first-order chi connectivity index (χ1) is 11.5. The van der Waals surface area contributed by atoms with Gasteiger partial charge in [0.2, 0.25) is 5.91 Å². The summed E-state index contributed by atoms with van der Waals surface area (Å²) in [6.45, 7) is 4.88. The number of carbonyl (C=O) groups excluding carboxylic acids is 2. The molecule has 5 heteroatoms. The molecule has 24 heavy (non-hydrogen) atoms. The van der Waals surface area contributed by atoms with Crippen LogP contribution in [0.1, 0.15) is 44.7 Å². The predicted octanol–water partition coefficient (Wildman–Crippen LogP) is 2.95. The Labute approximate surface area is 142 Å². The minimum atomic E-state index is -0.417. The highest BCUT2D eigenvalue weighted by Crippen LogP contribution is 2.56. The van der Waals surface area contributed by atoms with Crippen molar-refractivity contribution in [3.63, 3.8) is 0 Å². The molecule has 1 aliphatic heterocycles. The molecular formula is C19H25NO4. The van der Waals surface area contributed by atoms with Crippen LogP contribution in [0.25, 0.3) is 0 Å². The Morgan fingerprint density at radius 1 is 1.33 bits per heavy atom. The molecule has 1 aliphatic carbocycles. The second-order valence-electron chi connectivity index (χ2n) is 6.77. The van der Waals surface area contributed by atoms with Gasteiger partial charge in [0.05, 0.1) is 25.2 Å². The molecular weight excluding hydrogens is 306 g/mol. The van der Waals surface area contributed by atoms with Crippen LogP contribution in [0, 0.1) is 11.3 Å². The number of carbonyl (C=O) groups is 2. The van der Waals surface area contributed by atoms with E-state index in [9.17, 15) is 9.59 Å². The van der Waals surface area contributed by atoms with Crippen LogP contribution in [-0.2, 0) is 14.3 Å².